The molecule has 5 heteroatoms. The second-order valence-corrected chi connectivity index (χ2v) is 3.26. The Labute approximate surface area is 109 Å². The maximum atomic E-state index is 8.67. The zero-order chi connectivity index (χ0) is 10.3. The zero-order valence-electron chi connectivity index (χ0n) is 7.68. The van der Waals surface area contributed by atoms with Crippen molar-refractivity contribution in [2.75, 3.05) is 0 Å². The van der Waals surface area contributed by atoms with Gasteiger partial charge in [0.1, 0.15) is 0 Å². The number of rotatable bonds is 1. The van der Waals surface area contributed by atoms with Crippen LogP contribution in [0.2, 0.25) is 0 Å². The van der Waals surface area contributed by atoms with E-state index in [0.29, 0.717) is 5.92 Å². The van der Waals surface area contributed by atoms with E-state index in [1.54, 1.807) is 0 Å². The fraction of sp³-hybridized carbons (Fsp3) is 0.333. The third-order valence-electron chi connectivity index (χ3n) is 1.47. The van der Waals surface area contributed by atoms with Crippen LogP contribution in [-0.4, -0.2) is 42.9 Å². The van der Waals surface area contributed by atoms with E-state index >= 15 is 0 Å². The van der Waals surface area contributed by atoms with Gasteiger partial charge in [0.05, 0.1) is 0 Å². The summed E-state index contributed by atoms with van der Waals surface area (Å²) >= 11 is -2.61. The zero-order valence-corrected chi connectivity index (χ0v) is 8.49. The molecule has 0 fully saturated rings. The molecule has 0 aliphatic rings. The standard InChI is InChI=1S/C9H12.Na.H2O3S.H/c1-8(2)9-6-4-3-5-7-9;;1-4(2)3;/h3-8H,1-2H3;;(H2,1,2,3);. The average molecular weight is 226 g/mol. The number of benzene rings is 1. The molecule has 0 aliphatic carbocycles. The normalized spacial score (nSPS) is 9.00. The van der Waals surface area contributed by atoms with Crippen molar-refractivity contribution in [3.63, 3.8) is 0 Å². The van der Waals surface area contributed by atoms with Crippen molar-refractivity contribution in [1.29, 1.82) is 0 Å². The summed E-state index contributed by atoms with van der Waals surface area (Å²) in [5.74, 6) is 0.659. The quantitative estimate of drug-likeness (QED) is 0.567. The van der Waals surface area contributed by atoms with Crippen LogP contribution >= 0.6 is 0 Å². The third-order valence-corrected chi connectivity index (χ3v) is 1.47. The molecule has 0 radical (unpaired) electrons. The van der Waals surface area contributed by atoms with Gasteiger partial charge in [-0.25, -0.2) is 0 Å². The summed E-state index contributed by atoms with van der Waals surface area (Å²) in [7, 11) is 0. The van der Waals surface area contributed by atoms with Crippen LogP contribution in [0.1, 0.15) is 25.3 Å². The predicted octanol–water partition coefficient (Wildman–Crippen LogP) is 1.84. The summed E-state index contributed by atoms with van der Waals surface area (Å²) in [5.41, 5.74) is 1.41. The Morgan fingerprint density at radius 3 is 1.71 bits per heavy atom. The van der Waals surface area contributed by atoms with Gasteiger partial charge in [-0.15, -0.1) is 0 Å². The molecule has 3 nitrogen and oxygen atoms in total. The van der Waals surface area contributed by atoms with Crippen molar-refractivity contribution >= 4 is 40.9 Å². The molecule has 0 aliphatic heterocycles. The Morgan fingerprint density at radius 1 is 1.14 bits per heavy atom. The summed E-state index contributed by atoms with van der Waals surface area (Å²) in [5, 5.41) is 0. The monoisotopic (exact) mass is 226 g/mol. The van der Waals surface area contributed by atoms with Gasteiger partial charge in [0.15, 0.2) is 0 Å². The second kappa shape index (κ2) is 9.83. The van der Waals surface area contributed by atoms with E-state index in [-0.39, 0.29) is 29.6 Å². The number of hydrogen-bond donors (Lipinski definition) is 2. The molecule has 76 valence electrons. The van der Waals surface area contributed by atoms with Gasteiger partial charge in [-0.1, -0.05) is 44.2 Å². The topological polar surface area (TPSA) is 57.5 Å². The van der Waals surface area contributed by atoms with Gasteiger partial charge in [0, 0.05) is 0 Å². The maximum absolute atomic E-state index is 8.67. The van der Waals surface area contributed by atoms with Crippen LogP contribution in [0, 0.1) is 0 Å². The molecular weight excluding hydrogens is 211 g/mol. The van der Waals surface area contributed by atoms with Crippen LogP contribution in [0.25, 0.3) is 0 Å². The molecule has 1 aromatic rings. The fourth-order valence-corrected chi connectivity index (χ4v) is 0.838. The van der Waals surface area contributed by atoms with E-state index in [1.165, 1.54) is 5.56 Å². The van der Waals surface area contributed by atoms with E-state index in [2.05, 4.69) is 38.1 Å². The molecule has 0 amide bonds. The van der Waals surface area contributed by atoms with Crippen molar-refractivity contribution in [3.05, 3.63) is 35.9 Å². The van der Waals surface area contributed by atoms with Gasteiger partial charge in [0.2, 0.25) is 0 Å². The van der Waals surface area contributed by atoms with E-state index in [1.807, 2.05) is 6.07 Å². The molecule has 0 heterocycles. The van der Waals surface area contributed by atoms with Crippen LogP contribution in [-0.2, 0) is 11.4 Å². The van der Waals surface area contributed by atoms with Crippen LogP contribution < -0.4 is 0 Å². The van der Waals surface area contributed by atoms with Gasteiger partial charge in [-0.3, -0.25) is 9.11 Å². The first-order chi connectivity index (χ1) is 6.04. The molecule has 1 aromatic carbocycles. The molecule has 0 aromatic heterocycles. The van der Waals surface area contributed by atoms with Crippen LogP contribution in [0.15, 0.2) is 30.3 Å². The van der Waals surface area contributed by atoms with Crippen molar-refractivity contribution in [3.8, 4) is 0 Å². The summed E-state index contributed by atoms with van der Waals surface area (Å²) in [6, 6.07) is 10.5. The van der Waals surface area contributed by atoms with Gasteiger partial charge in [-0.05, 0) is 11.5 Å². The Bertz CT molecular complexity index is 247. The van der Waals surface area contributed by atoms with Crippen molar-refractivity contribution in [2.24, 2.45) is 0 Å². The molecule has 0 unspecified atom stereocenters. The average Bonchev–Trinajstić information content (AvgIpc) is 2.05. The van der Waals surface area contributed by atoms with Crippen molar-refractivity contribution < 1.29 is 13.3 Å². The summed E-state index contributed by atoms with van der Waals surface area (Å²) in [6.07, 6.45) is 0. The molecule has 2 N–H and O–H groups in total. The van der Waals surface area contributed by atoms with Gasteiger partial charge in [0.25, 0.3) is 11.4 Å². The molecule has 1 rings (SSSR count). The molecule has 0 spiro atoms. The second-order valence-electron chi connectivity index (χ2n) is 2.80. The van der Waals surface area contributed by atoms with Gasteiger partial charge in [-0.2, -0.15) is 4.21 Å². The third kappa shape index (κ3) is 10.4. The minimum atomic E-state index is -2.61. The van der Waals surface area contributed by atoms with E-state index in [9.17, 15) is 0 Å². The van der Waals surface area contributed by atoms with Gasteiger partial charge < -0.3 is 0 Å². The van der Waals surface area contributed by atoms with Crippen molar-refractivity contribution in [2.45, 2.75) is 19.8 Å². The first-order valence-corrected chi connectivity index (χ1v) is 4.95. The Hall–Kier alpha value is 0.290. The summed E-state index contributed by atoms with van der Waals surface area (Å²) < 4.78 is 22.8. The van der Waals surface area contributed by atoms with Crippen LogP contribution in [0.5, 0.6) is 0 Å². The van der Waals surface area contributed by atoms with E-state index in [0.717, 1.165) is 0 Å². The fourth-order valence-electron chi connectivity index (χ4n) is 0.838. The molecular formula is C9H15NaO3S. The molecule has 14 heavy (non-hydrogen) atoms. The molecule has 0 bridgehead atoms. The minimum absolute atomic E-state index is 0. The molecule has 0 saturated carbocycles. The predicted molar refractivity (Wildman–Crippen MR) is 61.1 cm³/mol. The summed E-state index contributed by atoms with van der Waals surface area (Å²) in [6.45, 7) is 4.41. The Kier molecular flexibility index (Phi) is 11.7. The molecule has 0 atom stereocenters. The Balaban J connectivity index is 0. The van der Waals surface area contributed by atoms with Gasteiger partial charge >= 0.3 is 29.6 Å². The van der Waals surface area contributed by atoms with Crippen LogP contribution in [0.4, 0.5) is 0 Å². The Morgan fingerprint density at radius 2 is 1.50 bits per heavy atom. The summed E-state index contributed by atoms with van der Waals surface area (Å²) in [4.78, 5) is 0. The molecule has 0 saturated heterocycles. The first-order valence-electron chi connectivity index (χ1n) is 3.89. The number of hydrogen-bond acceptors (Lipinski definition) is 1. The SMILES string of the molecule is CC(C)c1ccccc1.O=S(O)O.[NaH]. The van der Waals surface area contributed by atoms with E-state index in [4.69, 9.17) is 13.3 Å². The first kappa shape index (κ1) is 16.7. The van der Waals surface area contributed by atoms with E-state index < -0.39 is 11.4 Å². The van der Waals surface area contributed by atoms with Crippen molar-refractivity contribution in [1.82, 2.24) is 0 Å². The van der Waals surface area contributed by atoms with Crippen LogP contribution in [0.3, 0.4) is 0 Å².